The fourth-order valence-electron chi connectivity index (χ4n) is 1.78. The van der Waals surface area contributed by atoms with Gasteiger partial charge in [-0.05, 0) is 30.5 Å². The van der Waals surface area contributed by atoms with E-state index in [9.17, 15) is 0 Å². The molecule has 1 rings (SSSR count). The standard InChI is InChI=1S/C14H21N/c1-4-8-14(15-6-3)13-10-7-9-12(5-2)11-13/h4,7,9-11,14-15H,1,5-6,8H2,2-3H3. The first-order valence-electron chi connectivity index (χ1n) is 5.74. The Morgan fingerprint density at radius 3 is 2.80 bits per heavy atom. The SMILES string of the molecule is C=CCC(NCC)c1cccc(CC)c1. The third-order valence-corrected chi connectivity index (χ3v) is 2.61. The van der Waals surface area contributed by atoms with E-state index in [1.807, 2.05) is 6.08 Å². The lowest BCUT2D eigenvalue weighted by molar-refractivity contribution is 0.558. The average Bonchev–Trinajstić information content (AvgIpc) is 2.29. The minimum Gasteiger partial charge on any atom is -0.310 e. The van der Waals surface area contributed by atoms with Gasteiger partial charge in [0.05, 0.1) is 0 Å². The van der Waals surface area contributed by atoms with Crippen molar-refractivity contribution < 1.29 is 0 Å². The van der Waals surface area contributed by atoms with Gasteiger partial charge in [0.25, 0.3) is 0 Å². The second kappa shape index (κ2) is 6.41. The molecule has 0 saturated carbocycles. The van der Waals surface area contributed by atoms with E-state index >= 15 is 0 Å². The lowest BCUT2D eigenvalue weighted by Crippen LogP contribution is -2.20. The molecule has 1 aromatic rings. The van der Waals surface area contributed by atoms with Crippen molar-refractivity contribution in [2.45, 2.75) is 32.7 Å². The molecule has 0 aliphatic carbocycles. The van der Waals surface area contributed by atoms with Gasteiger partial charge in [-0.15, -0.1) is 6.58 Å². The Balaban J connectivity index is 2.83. The minimum absolute atomic E-state index is 0.416. The molecule has 0 heterocycles. The molecule has 15 heavy (non-hydrogen) atoms. The summed E-state index contributed by atoms with van der Waals surface area (Å²) in [5, 5.41) is 3.48. The van der Waals surface area contributed by atoms with Crippen molar-refractivity contribution in [1.29, 1.82) is 0 Å². The molecule has 1 atom stereocenters. The summed E-state index contributed by atoms with van der Waals surface area (Å²) in [5.41, 5.74) is 2.77. The molecule has 0 aliphatic heterocycles. The molecule has 0 amide bonds. The van der Waals surface area contributed by atoms with Gasteiger partial charge in [0.1, 0.15) is 0 Å². The first-order valence-corrected chi connectivity index (χ1v) is 5.74. The Morgan fingerprint density at radius 1 is 1.40 bits per heavy atom. The predicted molar refractivity (Wildman–Crippen MR) is 67.1 cm³/mol. The highest BCUT2D eigenvalue weighted by atomic mass is 14.9. The van der Waals surface area contributed by atoms with Crippen LogP contribution in [0.15, 0.2) is 36.9 Å². The molecule has 1 unspecified atom stereocenters. The van der Waals surface area contributed by atoms with Crippen LogP contribution >= 0.6 is 0 Å². The number of aryl methyl sites for hydroxylation is 1. The monoisotopic (exact) mass is 203 g/mol. The molecule has 1 N–H and O–H groups in total. The molecule has 0 aliphatic rings. The second-order valence-corrected chi connectivity index (χ2v) is 3.73. The Hall–Kier alpha value is -1.08. The van der Waals surface area contributed by atoms with E-state index in [0.29, 0.717) is 6.04 Å². The maximum absolute atomic E-state index is 3.81. The lowest BCUT2D eigenvalue weighted by atomic mass is 10.0. The van der Waals surface area contributed by atoms with E-state index < -0.39 is 0 Å². The number of rotatable bonds is 6. The van der Waals surface area contributed by atoms with Crippen LogP contribution in [0.3, 0.4) is 0 Å². The summed E-state index contributed by atoms with van der Waals surface area (Å²) in [7, 11) is 0. The van der Waals surface area contributed by atoms with Gasteiger partial charge in [0, 0.05) is 6.04 Å². The van der Waals surface area contributed by atoms with Crippen molar-refractivity contribution >= 4 is 0 Å². The Morgan fingerprint density at radius 2 is 2.20 bits per heavy atom. The van der Waals surface area contributed by atoms with Crippen molar-refractivity contribution in [3.8, 4) is 0 Å². The highest BCUT2D eigenvalue weighted by Crippen LogP contribution is 2.18. The zero-order valence-electron chi connectivity index (χ0n) is 9.79. The van der Waals surface area contributed by atoms with Crippen LogP contribution in [-0.4, -0.2) is 6.54 Å². The van der Waals surface area contributed by atoms with E-state index in [0.717, 1.165) is 19.4 Å². The summed E-state index contributed by atoms with van der Waals surface area (Å²) in [6.07, 6.45) is 4.06. The molecule has 0 spiro atoms. The summed E-state index contributed by atoms with van der Waals surface area (Å²) in [6, 6.07) is 9.22. The van der Waals surface area contributed by atoms with Gasteiger partial charge >= 0.3 is 0 Å². The van der Waals surface area contributed by atoms with Crippen LogP contribution in [0.4, 0.5) is 0 Å². The largest absolute Gasteiger partial charge is 0.310 e. The maximum atomic E-state index is 3.81. The van der Waals surface area contributed by atoms with E-state index in [4.69, 9.17) is 0 Å². The van der Waals surface area contributed by atoms with Gasteiger partial charge < -0.3 is 5.32 Å². The molecular weight excluding hydrogens is 182 g/mol. The van der Waals surface area contributed by atoms with Crippen LogP contribution in [0.5, 0.6) is 0 Å². The summed E-state index contributed by atoms with van der Waals surface area (Å²) >= 11 is 0. The third-order valence-electron chi connectivity index (χ3n) is 2.61. The normalized spacial score (nSPS) is 12.4. The highest BCUT2D eigenvalue weighted by molar-refractivity contribution is 5.26. The van der Waals surface area contributed by atoms with Crippen molar-refractivity contribution in [1.82, 2.24) is 5.32 Å². The molecule has 0 radical (unpaired) electrons. The molecule has 0 bridgehead atoms. The molecule has 82 valence electrons. The van der Waals surface area contributed by atoms with Crippen LogP contribution < -0.4 is 5.32 Å². The van der Waals surface area contributed by atoms with Gasteiger partial charge in [-0.3, -0.25) is 0 Å². The number of nitrogens with one attached hydrogen (secondary N) is 1. The maximum Gasteiger partial charge on any atom is 0.0354 e. The van der Waals surface area contributed by atoms with E-state index in [1.165, 1.54) is 11.1 Å². The van der Waals surface area contributed by atoms with Crippen LogP contribution in [0.25, 0.3) is 0 Å². The zero-order valence-corrected chi connectivity index (χ0v) is 9.79. The van der Waals surface area contributed by atoms with Gasteiger partial charge in [-0.2, -0.15) is 0 Å². The number of benzene rings is 1. The van der Waals surface area contributed by atoms with E-state index in [2.05, 4.69) is 50.0 Å². The van der Waals surface area contributed by atoms with Crippen molar-refractivity contribution in [3.63, 3.8) is 0 Å². The average molecular weight is 203 g/mol. The minimum atomic E-state index is 0.416. The summed E-state index contributed by atoms with van der Waals surface area (Å²) < 4.78 is 0. The first kappa shape index (κ1) is 12.0. The second-order valence-electron chi connectivity index (χ2n) is 3.73. The van der Waals surface area contributed by atoms with E-state index in [1.54, 1.807) is 0 Å². The molecular formula is C14H21N. The third kappa shape index (κ3) is 3.52. The van der Waals surface area contributed by atoms with Crippen LogP contribution in [0.1, 0.15) is 37.4 Å². The van der Waals surface area contributed by atoms with Crippen LogP contribution in [-0.2, 0) is 6.42 Å². The number of hydrogen-bond donors (Lipinski definition) is 1. The fourth-order valence-corrected chi connectivity index (χ4v) is 1.78. The number of hydrogen-bond acceptors (Lipinski definition) is 1. The molecule has 0 fully saturated rings. The Kier molecular flexibility index (Phi) is 5.13. The molecule has 0 aromatic heterocycles. The van der Waals surface area contributed by atoms with Gasteiger partial charge in [0.15, 0.2) is 0 Å². The fraction of sp³-hybridized carbons (Fsp3) is 0.429. The zero-order chi connectivity index (χ0) is 11.1. The van der Waals surface area contributed by atoms with Crippen molar-refractivity contribution in [2.75, 3.05) is 6.54 Å². The van der Waals surface area contributed by atoms with Crippen LogP contribution in [0.2, 0.25) is 0 Å². The summed E-state index contributed by atoms with van der Waals surface area (Å²) in [4.78, 5) is 0. The summed E-state index contributed by atoms with van der Waals surface area (Å²) in [6.45, 7) is 9.13. The topological polar surface area (TPSA) is 12.0 Å². The predicted octanol–water partition coefficient (Wildman–Crippen LogP) is 3.48. The van der Waals surface area contributed by atoms with Crippen LogP contribution in [0, 0.1) is 0 Å². The van der Waals surface area contributed by atoms with Gasteiger partial charge in [0.2, 0.25) is 0 Å². The molecule has 1 nitrogen and oxygen atoms in total. The lowest BCUT2D eigenvalue weighted by Gasteiger charge is -2.17. The highest BCUT2D eigenvalue weighted by Gasteiger charge is 2.07. The van der Waals surface area contributed by atoms with Gasteiger partial charge in [-0.25, -0.2) is 0 Å². The molecule has 1 aromatic carbocycles. The molecule has 0 saturated heterocycles. The molecule has 1 heteroatoms. The quantitative estimate of drug-likeness (QED) is 0.698. The Bertz CT molecular complexity index is 304. The van der Waals surface area contributed by atoms with Crippen molar-refractivity contribution in [2.24, 2.45) is 0 Å². The van der Waals surface area contributed by atoms with Gasteiger partial charge in [-0.1, -0.05) is 44.2 Å². The van der Waals surface area contributed by atoms with E-state index in [-0.39, 0.29) is 0 Å². The Labute approximate surface area is 93.2 Å². The smallest absolute Gasteiger partial charge is 0.0354 e. The summed E-state index contributed by atoms with van der Waals surface area (Å²) in [5.74, 6) is 0. The first-order chi connectivity index (χ1) is 7.31. The van der Waals surface area contributed by atoms with Crippen molar-refractivity contribution in [3.05, 3.63) is 48.0 Å².